The van der Waals surface area contributed by atoms with Gasteiger partial charge in [-0.2, -0.15) is 0 Å². The minimum atomic E-state index is -0.351. The lowest BCUT2D eigenvalue weighted by Gasteiger charge is -2.43. The summed E-state index contributed by atoms with van der Waals surface area (Å²) in [5.74, 6) is 0.766. The SMILES string of the molecule is CC(C)(C)C1CC(OCCF)C1. The van der Waals surface area contributed by atoms with Gasteiger partial charge in [-0.15, -0.1) is 0 Å². The lowest BCUT2D eigenvalue weighted by molar-refractivity contribution is -0.0647. The lowest BCUT2D eigenvalue weighted by Crippen LogP contribution is -2.39. The summed E-state index contributed by atoms with van der Waals surface area (Å²) in [5, 5.41) is 0. The van der Waals surface area contributed by atoms with Gasteiger partial charge in [-0.3, -0.25) is 0 Å². The van der Waals surface area contributed by atoms with Gasteiger partial charge in [0.15, 0.2) is 0 Å². The number of rotatable bonds is 3. The zero-order chi connectivity index (χ0) is 9.19. The molecule has 0 unspecified atom stereocenters. The van der Waals surface area contributed by atoms with Crippen LogP contribution in [0, 0.1) is 11.3 Å². The van der Waals surface area contributed by atoms with E-state index < -0.39 is 0 Å². The van der Waals surface area contributed by atoms with Gasteiger partial charge in [-0.1, -0.05) is 20.8 Å². The van der Waals surface area contributed by atoms with Crippen LogP contribution < -0.4 is 0 Å². The molecule has 0 aromatic rings. The summed E-state index contributed by atoms with van der Waals surface area (Å²) < 4.78 is 17.0. The van der Waals surface area contributed by atoms with E-state index in [1.54, 1.807) is 0 Å². The largest absolute Gasteiger partial charge is 0.375 e. The van der Waals surface area contributed by atoms with Crippen LogP contribution in [0.5, 0.6) is 0 Å². The first-order valence-electron chi connectivity index (χ1n) is 4.71. The van der Waals surface area contributed by atoms with Crippen molar-refractivity contribution in [3.8, 4) is 0 Å². The predicted octanol–water partition coefficient (Wildman–Crippen LogP) is 2.80. The second-order valence-corrected chi connectivity index (χ2v) is 4.72. The Kier molecular flexibility index (Phi) is 3.10. The average Bonchev–Trinajstić information content (AvgIpc) is 1.81. The van der Waals surface area contributed by atoms with Crippen LogP contribution in [0.4, 0.5) is 4.39 Å². The molecule has 1 saturated carbocycles. The van der Waals surface area contributed by atoms with Gasteiger partial charge in [-0.05, 0) is 24.2 Å². The molecule has 0 atom stereocenters. The molecule has 1 rings (SSSR count). The second-order valence-electron chi connectivity index (χ2n) is 4.72. The highest BCUT2D eigenvalue weighted by Gasteiger charge is 2.37. The Bertz CT molecular complexity index is 133. The Morgan fingerprint density at radius 3 is 2.33 bits per heavy atom. The standard InChI is InChI=1S/C10H19FO/c1-10(2,3)8-6-9(7-8)12-5-4-11/h8-9H,4-7H2,1-3H3. The third kappa shape index (κ3) is 2.44. The molecule has 1 aliphatic rings. The van der Waals surface area contributed by atoms with Crippen molar-refractivity contribution in [2.75, 3.05) is 13.3 Å². The molecule has 0 aromatic carbocycles. The quantitative estimate of drug-likeness (QED) is 0.639. The normalized spacial score (nSPS) is 30.0. The Balaban J connectivity index is 2.12. The van der Waals surface area contributed by atoms with Gasteiger partial charge in [0.1, 0.15) is 6.67 Å². The van der Waals surface area contributed by atoms with Gasteiger partial charge in [0.25, 0.3) is 0 Å². The first-order chi connectivity index (χ1) is 5.54. The van der Waals surface area contributed by atoms with Crippen molar-refractivity contribution in [3.63, 3.8) is 0 Å². The molecule has 0 spiro atoms. The van der Waals surface area contributed by atoms with E-state index in [-0.39, 0.29) is 13.3 Å². The van der Waals surface area contributed by atoms with Crippen molar-refractivity contribution < 1.29 is 9.13 Å². The minimum absolute atomic E-state index is 0.279. The summed E-state index contributed by atoms with van der Waals surface area (Å²) in [6.07, 6.45) is 2.57. The fourth-order valence-electron chi connectivity index (χ4n) is 1.62. The summed E-state index contributed by atoms with van der Waals surface area (Å²) in [4.78, 5) is 0. The van der Waals surface area contributed by atoms with Crippen LogP contribution in [0.15, 0.2) is 0 Å². The first kappa shape index (κ1) is 9.97. The molecule has 0 aromatic heterocycles. The lowest BCUT2D eigenvalue weighted by atomic mass is 9.67. The zero-order valence-electron chi connectivity index (χ0n) is 8.27. The first-order valence-corrected chi connectivity index (χ1v) is 4.71. The third-order valence-electron chi connectivity index (χ3n) is 2.75. The van der Waals surface area contributed by atoms with E-state index in [9.17, 15) is 4.39 Å². The van der Waals surface area contributed by atoms with Crippen LogP contribution >= 0.6 is 0 Å². The van der Waals surface area contributed by atoms with Crippen molar-refractivity contribution in [3.05, 3.63) is 0 Å². The predicted molar refractivity (Wildman–Crippen MR) is 47.9 cm³/mol. The fraction of sp³-hybridized carbons (Fsp3) is 1.00. The van der Waals surface area contributed by atoms with E-state index in [1.165, 1.54) is 0 Å². The van der Waals surface area contributed by atoms with Crippen LogP contribution in [0.2, 0.25) is 0 Å². The van der Waals surface area contributed by atoms with Gasteiger partial charge in [-0.25, -0.2) is 4.39 Å². The van der Waals surface area contributed by atoms with Gasteiger partial charge in [0.2, 0.25) is 0 Å². The van der Waals surface area contributed by atoms with Gasteiger partial charge < -0.3 is 4.74 Å². The van der Waals surface area contributed by atoms with Crippen LogP contribution in [-0.4, -0.2) is 19.4 Å². The maximum atomic E-state index is 11.7. The monoisotopic (exact) mass is 174 g/mol. The minimum Gasteiger partial charge on any atom is -0.375 e. The average molecular weight is 174 g/mol. The van der Waals surface area contributed by atoms with Crippen molar-refractivity contribution in [2.45, 2.75) is 39.7 Å². The molecule has 0 aliphatic heterocycles. The van der Waals surface area contributed by atoms with Crippen molar-refractivity contribution >= 4 is 0 Å². The number of hydrogen-bond acceptors (Lipinski definition) is 1. The van der Waals surface area contributed by atoms with Gasteiger partial charge >= 0.3 is 0 Å². The highest BCUT2D eigenvalue weighted by molar-refractivity contribution is 4.87. The molecule has 72 valence electrons. The number of halogens is 1. The maximum Gasteiger partial charge on any atom is 0.113 e. The maximum absolute atomic E-state index is 11.7. The number of hydrogen-bond donors (Lipinski definition) is 0. The van der Waals surface area contributed by atoms with Crippen LogP contribution in [0.1, 0.15) is 33.6 Å². The van der Waals surface area contributed by atoms with E-state index in [1.807, 2.05) is 0 Å². The Morgan fingerprint density at radius 1 is 1.33 bits per heavy atom. The van der Waals surface area contributed by atoms with E-state index in [0.29, 0.717) is 11.5 Å². The molecule has 2 heteroatoms. The molecule has 0 radical (unpaired) electrons. The summed E-state index contributed by atoms with van der Waals surface area (Å²) >= 11 is 0. The smallest absolute Gasteiger partial charge is 0.113 e. The molecule has 0 bridgehead atoms. The molecule has 1 nitrogen and oxygen atoms in total. The highest BCUT2D eigenvalue weighted by Crippen LogP contribution is 2.42. The Morgan fingerprint density at radius 2 is 1.92 bits per heavy atom. The molecule has 12 heavy (non-hydrogen) atoms. The summed E-state index contributed by atoms with van der Waals surface area (Å²) in [6.45, 7) is 6.69. The van der Waals surface area contributed by atoms with Crippen LogP contribution in [0.3, 0.4) is 0 Å². The third-order valence-corrected chi connectivity index (χ3v) is 2.75. The molecule has 0 saturated heterocycles. The molecule has 0 N–H and O–H groups in total. The summed E-state index contributed by atoms with van der Waals surface area (Å²) in [6, 6.07) is 0. The highest BCUT2D eigenvalue weighted by atomic mass is 19.1. The van der Waals surface area contributed by atoms with Crippen LogP contribution in [0.25, 0.3) is 0 Å². The number of ether oxygens (including phenoxy) is 1. The van der Waals surface area contributed by atoms with Crippen molar-refractivity contribution in [1.82, 2.24) is 0 Å². The van der Waals surface area contributed by atoms with Gasteiger partial charge in [0, 0.05) is 0 Å². The number of alkyl halides is 1. The van der Waals surface area contributed by atoms with E-state index in [2.05, 4.69) is 20.8 Å². The molecular weight excluding hydrogens is 155 g/mol. The molecular formula is C10H19FO. The van der Waals surface area contributed by atoms with Crippen molar-refractivity contribution in [2.24, 2.45) is 11.3 Å². The Hall–Kier alpha value is -0.110. The summed E-state index contributed by atoms with van der Waals surface area (Å²) in [7, 11) is 0. The van der Waals surface area contributed by atoms with Crippen molar-refractivity contribution in [1.29, 1.82) is 0 Å². The topological polar surface area (TPSA) is 9.23 Å². The molecule has 0 amide bonds. The van der Waals surface area contributed by atoms with Crippen LogP contribution in [-0.2, 0) is 4.74 Å². The summed E-state index contributed by atoms with van der Waals surface area (Å²) in [5.41, 5.74) is 0.398. The fourth-order valence-corrected chi connectivity index (χ4v) is 1.62. The molecule has 0 heterocycles. The zero-order valence-corrected chi connectivity index (χ0v) is 8.27. The van der Waals surface area contributed by atoms with Gasteiger partial charge in [0.05, 0.1) is 12.7 Å². The second kappa shape index (κ2) is 3.73. The molecule has 1 fully saturated rings. The molecule has 1 aliphatic carbocycles. The van der Waals surface area contributed by atoms with E-state index in [0.717, 1.165) is 18.8 Å². The Labute approximate surface area is 74.3 Å². The van der Waals surface area contributed by atoms with E-state index >= 15 is 0 Å². The van der Waals surface area contributed by atoms with E-state index in [4.69, 9.17) is 4.74 Å².